The first-order chi connectivity index (χ1) is 9.34. The maximum atomic E-state index is 3.45. The maximum absolute atomic E-state index is 3.45. The second kappa shape index (κ2) is 10.6. The van der Waals surface area contributed by atoms with Gasteiger partial charge in [0, 0.05) is 0 Å². The molecule has 0 bridgehead atoms. The van der Waals surface area contributed by atoms with Gasteiger partial charge in [0.1, 0.15) is 0 Å². The Morgan fingerprint density at radius 3 is 2.36 bits per heavy atom. The van der Waals surface area contributed by atoms with Crippen molar-refractivity contribution in [2.75, 3.05) is 0 Å². The first-order valence-electron chi connectivity index (χ1n) is 6.35. The maximum Gasteiger partial charge on any atom is 4.00 e. The average molecular weight is 471 g/mol. The van der Waals surface area contributed by atoms with Crippen LogP contribution in [0.2, 0.25) is 0 Å². The number of benzene rings is 2. The summed E-state index contributed by atoms with van der Waals surface area (Å²) in [7, 11) is 0. The molecule has 110 valence electrons. The van der Waals surface area contributed by atoms with Crippen molar-refractivity contribution in [1.29, 1.82) is 0 Å². The van der Waals surface area contributed by atoms with Crippen molar-refractivity contribution < 1.29 is 51.0 Å². The quantitative estimate of drug-likeness (QED) is 0.375. The molecule has 0 fully saturated rings. The Bertz CT molecular complexity index is 656. The number of fused-ring (bicyclic) bond motifs is 3. The molecule has 0 unspecified atom stereocenters. The van der Waals surface area contributed by atoms with Gasteiger partial charge < -0.3 is 24.8 Å². The molecule has 0 aliphatic heterocycles. The summed E-state index contributed by atoms with van der Waals surface area (Å²) in [6.45, 7) is 0. The van der Waals surface area contributed by atoms with E-state index in [9.17, 15) is 0 Å². The molecule has 0 nitrogen and oxygen atoms in total. The Hall–Kier alpha value is -0.137. The minimum atomic E-state index is 0. The van der Waals surface area contributed by atoms with Gasteiger partial charge in [0.25, 0.3) is 0 Å². The molecule has 2 aromatic carbocycles. The summed E-state index contributed by atoms with van der Waals surface area (Å²) in [5.41, 5.74) is 5.42. The molecule has 0 aromatic heterocycles. The van der Waals surface area contributed by atoms with Gasteiger partial charge in [-0.15, -0.1) is 17.5 Å². The van der Waals surface area contributed by atoms with Crippen molar-refractivity contribution in [3.63, 3.8) is 0 Å². The molecule has 2 aromatic rings. The number of hydrogen-bond donors (Lipinski definition) is 0. The standard InChI is InChI=1S/C13H8Br.C5H5.2ClH.Zr/c14-11-5-6-13-10(8-11)7-9-3-1-2-4-12(9)13;1-2-4-5-3-1;;;/h1-6H,7H2;1-3H,4H2;2*1H;/q2*-1;;;+4/p-2. The predicted molar refractivity (Wildman–Crippen MR) is 82.8 cm³/mol. The van der Waals surface area contributed by atoms with E-state index in [1.54, 1.807) is 0 Å². The summed E-state index contributed by atoms with van der Waals surface area (Å²) >= 11 is 3.45. The van der Waals surface area contributed by atoms with E-state index in [0.29, 0.717) is 0 Å². The minimum absolute atomic E-state index is 0. The third kappa shape index (κ3) is 5.20. The van der Waals surface area contributed by atoms with E-state index in [4.69, 9.17) is 0 Å². The summed E-state index contributed by atoms with van der Waals surface area (Å²) in [5.74, 6) is 0. The smallest absolute Gasteiger partial charge is 1.00 e. The Morgan fingerprint density at radius 2 is 1.73 bits per heavy atom. The Labute approximate surface area is 172 Å². The van der Waals surface area contributed by atoms with Crippen LogP contribution < -0.4 is 24.8 Å². The zero-order chi connectivity index (χ0) is 13.1. The Morgan fingerprint density at radius 1 is 0.955 bits per heavy atom. The summed E-state index contributed by atoms with van der Waals surface area (Å²) in [6, 6.07) is 16.1. The molecule has 0 N–H and O–H groups in total. The average Bonchev–Trinajstić information content (AvgIpc) is 3.09. The fourth-order valence-corrected chi connectivity index (χ4v) is 2.74. The van der Waals surface area contributed by atoms with Crippen molar-refractivity contribution in [1.82, 2.24) is 0 Å². The third-order valence-electron chi connectivity index (χ3n) is 3.25. The van der Waals surface area contributed by atoms with Crippen LogP contribution in [0, 0.1) is 12.1 Å². The van der Waals surface area contributed by atoms with Crippen molar-refractivity contribution in [2.24, 2.45) is 0 Å². The van der Waals surface area contributed by atoms with Crippen LogP contribution in [-0.4, -0.2) is 0 Å². The van der Waals surface area contributed by atoms with E-state index in [1.165, 1.54) is 22.3 Å². The molecule has 0 saturated heterocycles. The molecule has 2 aliphatic carbocycles. The van der Waals surface area contributed by atoms with E-state index in [1.807, 2.05) is 12.2 Å². The van der Waals surface area contributed by atoms with Crippen molar-refractivity contribution >= 4 is 15.9 Å². The summed E-state index contributed by atoms with van der Waals surface area (Å²) < 4.78 is 1.05. The van der Waals surface area contributed by atoms with Gasteiger partial charge in [-0.3, -0.25) is 6.08 Å². The zero-order valence-electron chi connectivity index (χ0n) is 11.7. The molecule has 0 radical (unpaired) electrons. The number of allylic oxidation sites excluding steroid dienone is 4. The molecule has 0 spiro atoms. The number of hydrogen-bond acceptors (Lipinski definition) is 0. The fourth-order valence-electron chi connectivity index (χ4n) is 2.37. The molecule has 0 atom stereocenters. The van der Waals surface area contributed by atoms with E-state index in [2.05, 4.69) is 70.5 Å². The van der Waals surface area contributed by atoms with Crippen LogP contribution in [0.5, 0.6) is 0 Å². The van der Waals surface area contributed by atoms with Crippen LogP contribution in [-0.2, 0) is 32.6 Å². The van der Waals surface area contributed by atoms with Crippen LogP contribution in [0.3, 0.4) is 0 Å². The van der Waals surface area contributed by atoms with Gasteiger partial charge >= 0.3 is 26.2 Å². The third-order valence-corrected chi connectivity index (χ3v) is 3.71. The second-order valence-electron chi connectivity index (χ2n) is 4.54. The predicted octanol–water partition coefficient (Wildman–Crippen LogP) is -0.868. The van der Waals surface area contributed by atoms with Crippen LogP contribution in [0.15, 0.2) is 59.1 Å². The molecule has 0 heterocycles. The molecule has 0 saturated carbocycles. The van der Waals surface area contributed by atoms with Crippen molar-refractivity contribution in [3.05, 3.63) is 82.4 Å². The van der Waals surface area contributed by atoms with Gasteiger partial charge in [-0.1, -0.05) is 55.8 Å². The molecule has 2 aliphatic rings. The van der Waals surface area contributed by atoms with Crippen LogP contribution >= 0.6 is 15.9 Å². The summed E-state index contributed by atoms with van der Waals surface area (Å²) in [4.78, 5) is 0. The Kier molecular flexibility index (Phi) is 10.5. The van der Waals surface area contributed by atoms with Crippen molar-refractivity contribution in [2.45, 2.75) is 12.8 Å². The van der Waals surface area contributed by atoms with Crippen LogP contribution in [0.4, 0.5) is 0 Å². The normalized spacial score (nSPS) is 11.9. The summed E-state index contributed by atoms with van der Waals surface area (Å²) in [6.07, 6.45) is 11.0. The zero-order valence-corrected chi connectivity index (χ0v) is 17.3. The van der Waals surface area contributed by atoms with E-state index < -0.39 is 0 Å². The molecular weight excluding hydrogens is 458 g/mol. The van der Waals surface area contributed by atoms with Gasteiger partial charge in [-0.05, 0) is 6.42 Å². The van der Waals surface area contributed by atoms with E-state index in [-0.39, 0.29) is 51.0 Å². The fraction of sp³-hybridized carbons (Fsp3) is 0.111. The molecule has 0 amide bonds. The molecular formula is C18H13BrCl2Zr. The Balaban J connectivity index is 0.000000482. The van der Waals surface area contributed by atoms with Crippen LogP contribution in [0.1, 0.15) is 17.5 Å². The number of rotatable bonds is 0. The first-order valence-corrected chi connectivity index (χ1v) is 7.14. The second-order valence-corrected chi connectivity index (χ2v) is 5.39. The SMILES string of the molecule is Brc1[c-]c2c(cc1)-c1ccccc1C2.[C-]1=CC=CC1.[Cl-].[Cl-].[Zr+4]. The molecule has 22 heavy (non-hydrogen) atoms. The molecule has 4 heteroatoms. The van der Waals surface area contributed by atoms with Gasteiger partial charge in [0.05, 0.1) is 0 Å². The van der Waals surface area contributed by atoms with Gasteiger partial charge in [-0.2, -0.15) is 24.3 Å². The van der Waals surface area contributed by atoms with Crippen LogP contribution in [0.25, 0.3) is 11.1 Å². The van der Waals surface area contributed by atoms with E-state index >= 15 is 0 Å². The monoisotopic (exact) mass is 468 g/mol. The largest absolute Gasteiger partial charge is 4.00 e. The van der Waals surface area contributed by atoms with Gasteiger partial charge in [0.2, 0.25) is 0 Å². The summed E-state index contributed by atoms with van der Waals surface area (Å²) in [5, 5.41) is 0. The van der Waals surface area contributed by atoms with Crippen molar-refractivity contribution in [3.8, 4) is 11.1 Å². The molecule has 4 rings (SSSR count). The van der Waals surface area contributed by atoms with Gasteiger partial charge in [-0.25, -0.2) is 12.2 Å². The first kappa shape index (κ1) is 21.9. The number of halogens is 3. The topological polar surface area (TPSA) is 0 Å². The van der Waals surface area contributed by atoms with E-state index in [0.717, 1.165) is 17.3 Å². The van der Waals surface area contributed by atoms with Gasteiger partial charge in [0.15, 0.2) is 0 Å². The minimum Gasteiger partial charge on any atom is -1.00 e.